The lowest BCUT2D eigenvalue weighted by Crippen LogP contribution is -2.19. The molecule has 0 aliphatic carbocycles. The van der Waals surface area contributed by atoms with Crippen LogP contribution in [0.2, 0.25) is 0 Å². The lowest BCUT2D eigenvalue weighted by atomic mass is 9.92. The zero-order valence-electron chi connectivity index (χ0n) is 21.4. The Bertz CT molecular complexity index is 1780. The fraction of sp³-hybridized carbons (Fsp3) is 0.167. The minimum atomic E-state index is -0.0877. The molecular weight excluding hydrogens is 474 g/mol. The fourth-order valence-corrected chi connectivity index (χ4v) is 4.69. The number of benzene rings is 1. The lowest BCUT2D eigenvalue weighted by Gasteiger charge is -2.17. The summed E-state index contributed by atoms with van der Waals surface area (Å²) in [7, 11) is 0. The van der Waals surface area contributed by atoms with Crippen LogP contribution in [0.25, 0.3) is 55.4 Å². The standard InChI is InChI=1S/C30H27N7O/c1-30(2,3)13-28(38)34-21-10-20(14-32-15-21)19-4-5-25-23(11-19)29(37-36-25)26-12-22-24(16-33-17-27(22)35-26)18-6-8-31-9-7-18/h4-12,14-17,35H,13H2,1-3H3,(H,34,38)(H,36,37). The van der Waals surface area contributed by atoms with Gasteiger partial charge < -0.3 is 10.3 Å². The summed E-state index contributed by atoms with van der Waals surface area (Å²) in [6.45, 7) is 6.13. The van der Waals surface area contributed by atoms with Gasteiger partial charge in [-0.15, -0.1) is 0 Å². The Morgan fingerprint density at radius 2 is 1.63 bits per heavy atom. The van der Waals surface area contributed by atoms with Gasteiger partial charge in [-0.05, 0) is 52.9 Å². The van der Waals surface area contributed by atoms with Crippen molar-refractivity contribution < 1.29 is 4.79 Å². The van der Waals surface area contributed by atoms with E-state index in [4.69, 9.17) is 0 Å². The van der Waals surface area contributed by atoms with E-state index in [-0.39, 0.29) is 11.3 Å². The first kappa shape index (κ1) is 23.5. The van der Waals surface area contributed by atoms with Crippen LogP contribution in [0.15, 0.2) is 79.6 Å². The third-order valence-corrected chi connectivity index (χ3v) is 6.40. The third kappa shape index (κ3) is 4.64. The highest BCUT2D eigenvalue weighted by Gasteiger charge is 2.17. The first-order chi connectivity index (χ1) is 18.3. The van der Waals surface area contributed by atoms with Gasteiger partial charge in [0, 0.05) is 53.1 Å². The molecule has 1 aromatic carbocycles. The molecule has 3 N–H and O–H groups in total. The molecule has 6 aromatic rings. The van der Waals surface area contributed by atoms with E-state index in [1.165, 1.54) is 0 Å². The zero-order valence-corrected chi connectivity index (χ0v) is 21.4. The van der Waals surface area contributed by atoms with Crippen LogP contribution in [-0.4, -0.2) is 36.0 Å². The molecule has 0 spiro atoms. The monoisotopic (exact) mass is 501 g/mol. The van der Waals surface area contributed by atoms with Crippen LogP contribution in [0.4, 0.5) is 5.69 Å². The van der Waals surface area contributed by atoms with Crippen molar-refractivity contribution in [1.29, 1.82) is 0 Å². The number of hydrogen-bond donors (Lipinski definition) is 3. The normalized spacial score (nSPS) is 11.8. The Morgan fingerprint density at radius 3 is 2.45 bits per heavy atom. The summed E-state index contributed by atoms with van der Waals surface area (Å²) < 4.78 is 0. The van der Waals surface area contributed by atoms with Crippen molar-refractivity contribution in [3.05, 3.63) is 79.6 Å². The number of nitrogens with zero attached hydrogens (tertiary/aromatic N) is 4. The molecule has 0 radical (unpaired) electrons. The van der Waals surface area contributed by atoms with E-state index in [1.54, 1.807) is 24.8 Å². The van der Waals surface area contributed by atoms with Crippen molar-refractivity contribution in [3.8, 4) is 33.6 Å². The molecule has 0 bridgehead atoms. The molecule has 5 heterocycles. The molecule has 0 saturated heterocycles. The number of carbonyl (C=O) groups excluding carboxylic acids is 1. The number of anilines is 1. The molecule has 8 heteroatoms. The summed E-state index contributed by atoms with van der Waals surface area (Å²) in [5, 5.41) is 12.8. The van der Waals surface area contributed by atoms with Gasteiger partial charge in [-0.25, -0.2) is 0 Å². The first-order valence-corrected chi connectivity index (χ1v) is 12.4. The quantitative estimate of drug-likeness (QED) is 0.246. The molecule has 1 amide bonds. The SMILES string of the molecule is CC(C)(C)CC(=O)Nc1cncc(-c2ccc3[nH]nc(-c4cc5c(-c6ccncc6)cncc5[nH]4)c3c2)c1. The molecule has 38 heavy (non-hydrogen) atoms. The second-order valence-corrected chi connectivity index (χ2v) is 10.6. The van der Waals surface area contributed by atoms with Crippen LogP contribution in [-0.2, 0) is 4.79 Å². The van der Waals surface area contributed by atoms with Crippen molar-refractivity contribution in [2.75, 3.05) is 5.32 Å². The fourth-order valence-electron chi connectivity index (χ4n) is 4.69. The number of carbonyl (C=O) groups is 1. The van der Waals surface area contributed by atoms with Gasteiger partial charge in [0.05, 0.1) is 34.8 Å². The second kappa shape index (κ2) is 9.23. The average molecular weight is 502 g/mol. The molecule has 0 unspecified atom stereocenters. The number of aromatic nitrogens is 6. The molecule has 188 valence electrons. The molecule has 6 rings (SSSR count). The predicted octanol–water partition coefficient (Wildman–Crippen LogP) is 6.60. The summed E-state index contributed by atoms with van der Waals surface area (Å²) in [5.74, 6) is -0.0246. The van der Waals surface area contributed by atoms with Crippen molar-refractivity contribution >= 4 is 33.4 Å². The smallest absolute Gasteiger partial charge is 0.224 e. The Kier molecular flexibility index (Phi) is 5.72. The van der Waals surface area contributed by atoms with Crippen LogP contribution in [0.3, 0.4) is 0 Å². The minimum absolute atomic E-state index is 0.0246. The van der Waals surface area contributed by atoms with Crippen molar-refractivity contribution in [3.63, 3.8) is 0 Å². The van der Waals surface area contributed by atoms with Gasteiger partial charge in [0.1, 0.15) is 5.69 Å². The third-order valence-electron chi connectivity index (χ3n) is 6.40. The van der Waals surface area contributed by atoms with Gasteiger partial charge in [0.15, 0.2) is 0 Å². The van der Waals surface area contributed by atoms with Crippen LogP contribution in [0, 0.1) is 5.41 Å². The predicted molar refractivity (Wildman–Crippen MR) is 150 cm³/mol. The molecule has 5 aromatic heterocycles. The summed E-state index contributed by atoms with van der Waals surface area (Å²) in [4.78, 5) is 28.9. The van der Waals surface area contributed by atoms with E-state index < -0.39 is 0 Å². The maximum Gasteiger partial charge on any atom is 0.224 e. The Balaban J connectivity index is 1.36. The lowest BCUT2D eigenvalue weighted by molar-refractivity contribution is -0.117. The maximum absolute atomic E-state index is 12.4. The zero-order chi connectivity index (χ0) is 26.3. The summed E-state index contributed by atoms with van der Waals surface area (Å²) in [6.07, 6.45) is 11.2. The van der Waals surface area contributed by atoms with Gasteiger partial charge in [-0.3, -0.25) is 24.8 Å². The van der Waals surface area contributed by atoms with Gasteiger partial charge in [0.2, 0.25) is 5.91 Å². The van der Waals surface area contributed by atoms with E-state index in [9.17, 15) is 4.79 Å². The van der Waals surface area contributed by atoms with Crippen molar-refractivity contribution in [2.24, 2.45) is 5.41 Å². The van der Waals surface area contributed by atoms with E-state index >= 15 is 0 Å². The van der Waals surface area contributed by atoms with Crippen LogP contribution in [0.5, 0.6) is 0 Å². The number of rotatable bonds is 5. The largest absolute Gasteiger partial charge is 0.352 e. The minimum Gasteiger partial charge on any atom is -0.352 e. The Hall–Kier alpha value is -4.85. The molecule has 0 saturated carbocycles. The van der Waals surface area contributed by atoms with Crippen LogP contribution < -0.4 is 5.32 Å². The van der Waals surface area contributed by atoms with Gasteiger partial charge in [0.25, 0.3) is 0 Å². The summed E-state index contributed by atoms with van der Waals surface area (Å²) in [5.41, 5.74) is 8.15. The summed E-state index contributed by atoms with van der Waals surface area (Å²) >= 11 is 0. The van der Waals surface area contributed by atoms with Crippen LogP contribution in [0.1, 0.15) is 27.2 Å². The highest BCUT2D eigenvalue weighted by molar-refractivity contribution is 6.01. The van der Waals surface area contributed by atoms with Crippen molar-refractivity contribution in [1.82, 2.24) is 30.1 Å². The number of pyridine rings is 3. The number of hydrogen-bond acceptors (Lipinski definition) is 5. The van der Waals surface area contributed by atoms with Crippen molar-refractivity contribution in [2.45, 2.75) is 27.2 Å². The molecule has 0 fully saturated rings. The molecule has 0 aliphatic rings. The van der Waals surface area contributed by atoms with Gasteiger partial charge in [-0.1, -0.05) is 26.8 Å². The Morgan fingerprint density at radius 1 is 0.816 bits per heavy atom. The first-order valence-electron chi connectivity index (χ1n) is 12.4. The number of aromatic amines is 2. The number of fused-ring (bicyclic) bond motifs is 2. The van der Waals surface area contributed by atoms with E-state index in [0.717, 1.165) is 55.4 Å². The van der Waals surface area contributed by atoms with Crippen LogP contribution >= 0.6 is 0 Å². The van der Waals surface area contributed by atoms with E-state index in [0.29, 0.717) is 12.1 Å². The van der Waals surface area contributed by atoms with E-state index in [2.05, 4.69) is 47.6 Å². The maximum atomic E-state index is 12.4. The number of nitrogens with one attached hydrogen (secondary N) is 3. The number of amides is 1. The summed E-state index contributed by atoms with van der Waals surface area (Å²) in [6, 6.07) is 14.2. The second-order valence-electron chi connectivity index (χ2n) is 10.6. The molecule has 8 nitrogen and oxygen atoms in total. The van der Waals surface area contributed by atoms with E-state index in [1.807, 2.05) is 63.5 Å². The molecule has 0 aliphatic heterocycles. The molecule has 0 atom stereocenters. The molecular formula is C30H27N7O. The highest BCUT2D eigenvalue weighted by atomic mass is 16.1. The topological polar surface area (TPSA) is 112 Å². The Labute approximate surface area is 219 Å². The average Bonchev–Trinajstić information content (AvgIpc) is 3.51. The van der Waals surface area contributed by atoms with Gasteiger partial charge in [-0.2, -0.15) is 5.10 Å². The van der Waals surface area contributed by atoms with Gasteiger partial charge >= 0.3 is 0 Å². The highest BCUT2D eigenvalue weighted by Crippen LogP contribution is 2.35. The number of H-pyrrole nitrogens is 2.